The number of methoxy groups -OCH3 is 1. The molecule has 0 aromatic carbocycles. The number of esters is 1. The topological polar surface area (TPSA) is 55.7 Å². The quantitative estimate of drug-likeness (QED) is 0.395. The smallest absolute Gasteiger partial charge is 0.307 e. The molecule has 0 aromatic rings. The summed E-state index contributed by atoms with van der Waals surface area (Å²) >= 11 is 0. The van der Waals surface area contributed by atoms with Crippen molar-refractivity contribution >= 4 is 5.97 Å². The van der Waals surface area contributed by atoms with E-state index in [1.54, 1.807) is 0 Å². The Kier molecular flexibility index (Phi) is 3.74. The van der Waals surface area contributed by atoms with Crippen LogP contribution in [-0.4, -0.2) is 19.6 Å². The molecule has 0 N–H and O–H groups in total. The van der Waals surface area contributed by atoms with Crippen LogP contribution in [0, 0.1) is 4.91 Å². The molecule has 0 atom stereocenters. The van der Waals surface area contributed by atoms with Gasteiger partial charge in [0.1, 0.15) is 0 Å². The van der Waals surface area contributed by atoms with Gasteiger partial charge in [0, 0.05) is 0 Å². The van der Waals surface area contributed by atoms with Crippen molar-refractivity contribution in [2.24, 2.45) is 5.18 Å². The summed E-state index contributed by atoms with van der Waals surface area (Å²) in [7, 11) is 1.27. The Morgan fingerprint density at radius 2 is 2.38 bits per heavy atom. The fourth-order valence-corrected chi connectivity index (χ4v) is 0.239. The normalized spacial score (nSPS) is 8.12. The van der Waals surface area contributed by atoms with Crippen LogP contribution >= 0.6 is 0 Å². The number of nitrogens with zero attached hydrogens (tertiary/aromatic N) is 1. The standard InChI is InChI=1S/C4H7NO3/c1-8-4(6)2-3-5-7/h2-3H2,1H3. The van der Waals surface area contributed by atoms with Crippen LogP contribution < -0.4 is 0 Å². The third-order valence-corrected chi connectivity index (χ3v) is 0.635. The molecule has 0 fully saturated rings. The van der Waals surface area contributed by atoms with E-state index in [2.05, 4.69) is 9.91 Å². The highest BCUT2D eigenvalue weighted by Crippen LogP contribution is 1.82. The van der Waals surface area contributed by atoms with Crippen LogP contribution in [0.25, 0.3) is 0 Å². The number of ether oxygens (including phenoxy) is 1. The second kappa shape index (κ2) is 4.23. The molecular weight excluding hydrogens is 110 g/mol. The molecule has 0 rings (SSSR count). The molecule has 0 aliphatic carbocycles. The Hall–Kier alpha value is -0.930. The first kappa shape index (κ1) is 7.07. The molecule has 0 spiro atoms. The summed E-state index contributed by atoms with van der Waals surface area (Å²) in [6, 6.07) is 0. The van der Waals surface area contributed by atoms with Gasteiger partial charge in [-0.2, -0.15) is 4.91 Å². The van der Waals surface area contributed by atoms with Crippen LogP contribution in [-0.2, 0) is 9.53 Å². The van der Waals surface area contributed by atoms with Gasteiger partial charge in [-0.25, -0.2) is 0 Å². The molecule has 46 valence electrons. The second-order valence-corrected chi connectivity index (χ2v) is 1.18. The zero-order chi connectivity index (χ0) is 6.41. The maximum atomic E-state index is 10.1. The highest BCUT2D eigenvalue weighted by atomic mass is 16.5. The van der Waals surface area contributed by atoms with E-state index in [1.807, 2.05) is 0 Å². The summed E-state index contributed by atoms with van der Waals surface area (Å²) < 4.78 is 4.21. The summed E-state index contributed by atoms with van der Waals surface area (Å²) in [5.41, 5.74) is 0. The number of carbonyl (C=O) groups is 1. The van der Waals surface area contributed by atoms with Crippen molar-refractivity contribution in [3.63, 3.8) is 0 Å². The molecule has 4 heteroatoms. The Labute approximate surface area is 46.8 Å². The average Bonchev–Trinajstić information content (AvgIpc) is 1.83. The summed E-state index contributed by atoms with van der Waals surface area (Å²) in [5, 5.41) is 2.47. The summed E-state index contributed by atoms with van der Waals surface area (Å²) in [5.74, 6) is -0.399. The Morgan fingerprint density at radius 3 is 2.75 bits per heavy atom. The monoisotopic (exact) mass is 117 g/mol. The number of hydrogen-bond donors (Lipinski definition) is 0. The maximum absolute atomic E-state index is 10.1. The van der Waals surface area contributed by atoms with Crippen LogP contribution in [0.4, 0.5) is 0 Å². The van der Waals surface area contributed by atoms with Gasteiger partial charge in [-0.15, -0.1) is 0 Å². The number of nitroso groups, excluding NO2 is 1. The molecule has 0 radical (unpaired) electrons. The lowest BCUT2D eigenvalue weighted by molar-refractivity contribution is -0.140. The molecule has 0 unspecified atom stereocenters. The van der Waals surface area contributed by atoms with Gasteiger partial charge in [-0.1, -0.05) is 5.18 Å². The first-order chi connectivity index (χ1) is 3.81. The molecular formula is C4H7NO3. The molecule has 4 nitrogen and oxygen atoms in total. The minimum atomic E-state index is -0.399. The van der Waals surface area contributed by atoms with Gasteiger partial charge < -0.3 is 4.74 Å². The number of hydrogen-bond acceptors (Lipinski definition) is 4. The maximum Gasteiger partial charge on any atom is 0.307 e. The fraction of sp³-hybridized carbons (Fsp3) is 0.750. The van der Waals surface area contributed by atoms with Gasteiger partial charge in [0.15, 0.2) is 0 Å². The zero-order valence-corrected chi connectivity index (χ0v) is 4.59. The first-order valence-electron chi connectivity index (χ1n) is 2.17. The average molecular weight is 117 g/mol. The predicted molar refractivity (Wildman–Crippen MR) is 27.3 cm³/mol. The Bertz CT molecular complexity index is 91.3. The second-order valence-electron chi connectivity index (χ2n) is 1.18. The lowest BCUT2D eigenvalue weighted by Gasteiger charge is -1.90. The lowest BCUT2D eigenvalue weighted by Crippen LogP contribution is -2.00. The summed E-state index contributed by atoms with van der Waals surface area (Å²) in [6.07, 6.45) is 0.0833. The van der Waals surface area contributed by atoms with Gasteiger partial charge in [0.05, 0.1) is 20.1 Å². The molecule has 0 aromatic heterocycles. The molecule has 0 heterocycles. The van der Waals surface area contributed by atoms with Gasteiger partial charge in [0.2, 0.25) is 0 Å². The van der Waals surface area contributed by atoms with E-state index >= 15 is 0 Å². The van der Waals surface area contributed by atoms with Crippen molar-refractivity contribution in [3.05, 3.63) is 4.91 Å². The molecule has 0 aliphatic rings. The third kappa shape index (κ3) is 3.27. The lowest BCUT2D eigenvalue weighted by atomic mass is 10.4. The van der Waals surface area contributed by atoms with Gasteiger partial charge in [0.25, 0.3) is 0 Å². The fourth-order valence-electron chi connectivity index (χ4n) is 0.239. The van der Waals surface area contributed by atoms with Gasteiger partial charge >= 0.3 is 5.97 Å². The van der Waals surface area contributed by atoms with Crippen LogP contribution in [0.15, 0.2) is 5.18 Å². The zero-order valence-electron chi connectivity index (χ0n) is 4.59. The van der Waals surface area contributed by atoms with E-state index in [4.69, 9.17) is 0 Å². The first-order valence-corrected chi connectivity index (χ1v) is 2.17. The number of carbonyl (C=O) groups excluding carboxylic acids is 1. The van der Waals surface area contributed by atoms with Crippen LogP contribution in [0.3, 0.4) is 0 Å². The largest absolute Gasteiger partial charge is 0.469 e. The van der Waals surface area contributed by atoms with E-state index in [0.717, 1.165) is 0 Å². The van der Waals surface area contributed by atoms with Crippen molar-refractivity contribution in [1.82, 2.24) is 0 Å². The molecule has 8 heavy (non-hydrogen) atoms. The van der Waals surface area contributed by atoms with Gasteiger partial charge in [-0.3, -0.25) is 4.79 Å². The number of rotatable bonds is 3. The molecule has 0 amide bonds. The predicted octanol–water partition coefficient (Wildman–Crippen LogP) is 0.316. The van der Waals surface area contributed by atoms with Gasteiger partial charge in [-0.05, 0) is 0 Å². The SMILES string of the molecule is COC(=O)CCN=O. The van der Waals surface area contributed by atoms with Crippen LogP contribution in [0.5, 0.6) is 0 Å². The van der Waals surface area contributed by atoms with Crippen molar-refractivity contribution < 1.29 is 9.53 Å². The van der Waals surface area contributed by atoms with Crippen molar-refractivity contribution in [1.29, 1.82) is 0 Å². The van der Waals surface area contributed by atoms with E-state index < -0.39 is 5.97 Å². The minimum absolute atomic E-state index is 0.00662. The van der Waals surface area contributed by atoms with Crippen molar-refractivity contribution in [2.45, 2.75) is 6.42 Å². The van der Waals surface area contributed by atoms with E-state index in [0.29, 0.717) is 0 Å². The minimum Gasteiger partial charge on any atom is -0.469 e. The van der Waals surface area contributed by atoms with Crippen molar-refractivity contribution in [3.8, 4) is 0 Å². The Morgan fingerprint density at radius 1 is 1.75 bits per heavy atom. The van der Waals surface area contributed by atoms with Crippen LogP contribution in [0.2, 0.25) is 0 Å². The molecule has 0 aliphatic heterocycles. The summed E-state index contributed by atoms with van der Waals surface area (Å²) in [4.78, 5) is 19.5. The molecule has 0 bridgehead atoms. The van der Waals surface area contributed by atoms with Crippen LogP contribution in [0.1, 0.15) is 6.42 Å². The highest BCUT2D eigenvalue weighted by Gasteiger charge is 1.96. The van der Waals surface area contributed by atoms with E-state index in [1.165, 1.54) is 7.11 Å². The van der Waals surface area contributed by atoms with E-state index in [-0.39, 0.29) is 13.0 Å². The summed E-state index contributed by atoms with van der Waals surface area (Å²) in [6.45, 7) is 0.00662. The third-order valence-electron chi connectivity index (χ3n) is 0.635. The van der Waals surface area contributed by atoms with Crippen molar-refractivity contribution in [2.75, 3.05) is 13.7 Å². The Balaban J connectivity index is 3.11. The highest BCUT2D eigenvalue weighted by molar-refractivity contribution is 5.69. The molecule has 0 saturated heterocycles. The molecule has 0 saturated carbocycles. The van der Waals surface area contributed by atoms with E-state index in [9.17, 15) is 9.70 Å².